The van der Waals surface area contributed by atoms with Gasteiger partial charge in [-0.15, -0.1) is 5.10 Å². The van der Waals surface area contributed by atoms with Crippen molar-refractivity contribution in [1.82, 2.24) is 25.0 Å². The maximum Gasteiger partial charge on any atom is 0.131 e. The van der Waals surface area contributed by atoms with Crippen molar-refractivity contribution in [3.05, 3.63) is 66.1 Å². The zero-order valence-corrected chi connectivity index (χ0v) is 12.1. The number of hydrogen-bond donors (Lipinski definition) is 0. The Morgan fingerprint density at radius 1 is 0.909 bits per heavy atom. The van der Waals surface area contributed by atoms with Crippen LogP contribution in [0.15, 0.2) is 61.1 Å². The molecule has 0 fully saturated rings. The van der Waals surface area contributed by atoms with Crippen LogP contribution in [0.1, 0.15) is 0 Å². The van der Waals surface area contributed by atoms with E-state index in [-0.39, 0.29) is 0 Å². The summed E-state index contributed by atoms with van der Waals surface area (Å²) in [4.78, 5) is 8.62. The number of nitrogens with zero attached hydrogens (tertiary/aromatic N) is 5. The molecular formula is C16H10ClN5. The molecule has 3 heterocycles. The molecule has 0 aliphatic rings. The summed E-state index contributed by atoms with van der Waals surface area (Å²) < 4.78 is 1.72. The molecule has 1 aromatic carbocycles. The number of benzene rings is 1. The van der Waals surface area contributed by atoms with E-state index in [2.05, 4.69) is 20.3 Å². The zero-order chi connectivity index (χ0) is 14.9. The predicted molar refractivity (Wildman–Crippen MR) is 84.9 cm³/mol. The van der Waals surface area contributed by atoms with Gasteiger partial charge in [-0.1, -0.05) is 22.9 Å². The molecule has 0 bridgehead atoms. The number of pyridine rings is 2. The fourth-order valence-electron chi connectivity index (χ4n) is 2.32. The molecule has 22 heavy (non-hydrogen) atoms. The van der Waals surface area contributed by atoms with Gasteiger partial charge in [0.15, 0.2) is 0 Å². The van der Waals surface area contributed by atoms with E-state index in [9.17, 15) is 0 Å². The molecule has 0 unspecified atom stereocenters. The Balaban J connectivity index is 1.85. The Morgan fingerprint density at radius 2 is 1.86 bits per heavy atom. The van der Waals surface area contributed by atoms with Crippen molar-refractivity contribution < 1.29 is 0 Å². The van der Waals surface area contributed by atoms with Crippen molar-refractivity contribution >= 4 is 22.5 Å². The van der Waals surface area contributed by atoms with Crippen molar-refractivity contribution in [2.75, 3.05) is 0 Å². The van der Waals surface area contributed by atoms with Gasteiger partial charge in [0, 0.05) is 22.8 Å². The molecule has 0 spiro atoms. The molecule has 0 aliphatic carbocycles. The van der Waals surface area contributed by atoms with Gasteiger partial charge in [-0.2, -0.15) is 0 Å². The maximum atomic E-state index is 6.02. The van der Waals surface area contributed by atoms with Crippen molar-refractivity contribution in [3.63, 3.8) is 0 Å². The van der Waals surface area contributed by atoms with Crippen LogP contribution in [0, 0.1) is 0 Å². The van der Waals surface area contributed by atoms with Gasteiger partial charge in [0.25, 0.3) is 0 Å². The van der Waals surface area contributed by atoms with Gasteiger partial charge >= 0.3 is 0 Å². The smallest absolute Gasteiger partial charge is 0.131 e. The van der Waals surface area contributed by atoms with Gasteiger partial charge in [-0.3, -0.25) is 9.97 Å². The molecule has 0 aliphatic heterocycles. The molecular weight excluding hydrogens is 298 g/mol. The van der Waals surface area contributed by atoms with Crippen molar-refractivity contribution in [3.8, 4) is 17.1 Å². The maximum absolute atomic E-state index is 6.02. The lowest BCUT2D eigenvalue weighted by Crippen LogP contribution is -1.96. The fraction of sp³-hybridized carbons (Fsp3) is 0. The van der Waals surface area contributed by atoms with E-state index in [0.29, 0.717) is 5.02 Å². The molecule has 6 heteroatoms. The Kier molecular flexibility index (Phi) is 3.05. The van der Waals surface area contributed by atoms with E-state index in [0.717, 1.165) is 28.0 Å². The lowest BCUT2D eigenvalue weighted by atomic mass is 10.2. The minimum atomic E-state index is 0.657. The molecule has 3 aromatic heterocycles. The number of fused-ring (bicyclic) bond motifs is 1. The molecule has 4 aromatic rings. The number of hydrogen-bond acceptors (Lipinski definition) is 4. The summed E-state index contributed by atoms with van der Waals surface area (Å²) in [6.07, 6.45) is 5.32. The minimum absolute atomic E-state index is 0.657. The highest BCUT2D eigenvalue weighted by Gasteiger charge is 2.09. The van der Waals surface area contributed by atoms with E-state index in [1.165, 1.54) is 0 Å². The van der Waals surface area contributed by atoms with Gasteiger partial charge in [0.1, 0.15) is 5.69 Å². The normalized spacial score (nSPS) is 11.0. The van der Waals surface area contributed by atoms with Crippen molar-refractivity contribution in [2.45, 2.75) is 0 Å². The van der Waals surface area contributed by atoms with E-state index < -0.39 is 0 Å². The number of rotatable bonds is 2. The Labute approximate surface area is 131 Å². The van der Waals surface area contributed by atoms with E-state index in [1.54, 1.807) is 17.1 Å². The Morgan fingerprint density at radius 3 is 2.73 bits per heavy atom. The van der Waals surface area contributed by atoms with E-state index >= 15 is 0 Å². The zero-order valence-electron chi connectivity index (χ0n) is 11.4. The van der Waals surface area contributed by atoms with Crippen molar-refractivity contribution in [2.24, 2.45) is 0 Å². The van der Waals surface area contributed by atoms with Gasteiger partial charge in [0.05, 0.1) is 23.1 Å². The highest BCUT2D eigenvalue weighted by atomic mass is 35.5. The van der Waals surface area contributed by atoms with Gasteiger partial charge in [-0.05, 0) is 36.4 Å². The monoisotopic (exact) mass is 307 g/mol. The predicted octanol–water partition coefficient (Wildman–Crippen LogP) is 3.53. The van der Waals surface area contributed by atoms with Crippen LogP contribution in [0.25, 0.3) is 28.0 Å². The third-order valence-corrected chi connectivity index (χ3v) is 3.58. The summed E-state index contributed by atoms with van der Waals surface area (Å²) in [7, 11) is 0. The van der Waals surface area contributed by atoms with Crippen LogP contribution in [-0.2, 0) is 0 Å². The molecule has 0 atom stereocenters. The molecule has 0 saturated carbocycles. The first kappa shape index (κ1) is 12.9. The molecule has 0 N–H and O–H groups in total. The summed E-state index contributed by atoms with van der Waals surface area (Å²) in [5, 5.41) is 10.0. The first-order valence-corrected chi connectivity index (χ1v) is 7.07. The van der Waals surface area contributed by atoms with Crippen LogP contribution in [0.3, 0.4) is 0 Å². The lowest BCUT2D eigenvalue weighted by Gasteiger charge is -2.05. The molecule has 4 rings (SSSR count). The largest absolute Gasteiger partial charge is 0.256 e. The highest BCUT2D eigenvalue weighted by molar-refractivity contribution is 6.31. The third kappa shape index (κ3) is 2.21. The van der Waals surface area contributed by atoms with Gasteiger partial charge in [0.2, 0.25) is 0 Å². The van der Waals surface area contributed by atoms with Crippen LogP contribution < -0.4 is 0 Å². The van der Waals surface area contributed by atoms with Crippen LogP contribution in [0.2, 0.25) is 5.02 Å². The summed E-state index contributed by atoms with van der Waals surface area (Å²) in [5.74, 6) is 0. The average molecular weight is 308 g/mol. The molecule has 0 saturated heterocycles. The van der Waals surface area contributed by atoms with Crippen LogP contribution >= 0.6 is 11.6 Å². The second-order valence-corrected chi connectivity index (χ2v) is 5.19. The molecule has 106 valence electrons. The Bertz CT molecular complexity index is 949. The quantitative estimate of drug-likeness (QED) is 0.568. The van der Waals surface area contributed by atoms with Crippen molar-refractivity contribution in [1.29, 1.82) is 0 Å². The summed E-state index contributed by atoms with van der Waals surface area (Å²) in [5.41, 5.74) is 3.23. The summed E-state index contributed by atoms with van der Waals surface area (Å²) >= 11 is 6.02. The highest BCUT2D eigenvalue weighted by Crippen LogP contribution is 2.24. The summed E-state index contributed by atoms with van der Waals surface area (Å²) in [6.45, 7) is 0. The van der Waals surface area contributed by atoms with Gasteiger partial charge < -0.3 is 0 Å². The summed E-state index contributed by atoms with van der Waals surface area (Å²) in [6, 6.07) is 13.2. The van der Waals surface area contributed by atoms with E-state index in [4.69, 9.17) is 11.6 Å². The first-order valence-electron chi connectivity index (χ1n) is 6.70. The second-order valence-electron chi connectivity index (χ2n) is 4.75. The lowest BCUT2D eigenvalue weighted by molar-refractivity contribution is 0.807. The fourth-order valence-corrected chi connectivity index (χ4v) is 2.49. The molecule has 0 amide bonds. The topological polar surface area (TPSA) is 56.5 Å². The van der Waals surface area contributed by atoms with Crippen LogP contribution in [0.5, 0.6) is 0 Å². The standard InChI is InChI=1S/C16H10ClN5/c17-11-4-5-12-14(9-11)19-8-6-16(12)22-10-15(20-21-22)13-3-1-2-7-18-13/h1-10H. The Hall–Kier alpha value is -2.79. The molecule has 0 radical (unpaired) electrons. The van der Waals surface area contributed by atoms with Crippen LogP contribution in [0.4, 0.5) is 0 Å². The van der Waals surface area contributed by atoms with Gasteiger partial charge in [-0.25, -0.2) is 4.68 Å². The average Bonchev–Trinajstić information content (AvgIpc) is 3.04. The number of halogens is 1. The van der Waals surface area contributed by atoms with Crippen LogP contribution in [-0.4, -0.2) is 25.0 Å². The third-order valence-electron chi connectivity index (χ3n) is 3.35. The molecule has 5 nitrogen and oxygen atoms in total. The first-order chi connectivity index (χ1) is 10.8. The second kappa shape index (κ2) is 5.20. The number of aromatic nitrogens is 5. The SMILES string of the molecule is Clc1ccc2c(-n3cc(-c4ccccn4)nn3)ccnc2c1. The van der Waals surface area contributed by atoms with E-state index in [1.807, 2.05) is 48.7 Å². The minimum Gasteiger partial charge on any atom is -0.256 e.